The van der Waals surface area contributed by atoms with Gasteiger partial charge in [-0.1, -0.05) is 20.8 Å². The lowest BCUT2D eigenvalue weighted by molar-refractivity contribution is 0.356. The molecule has 0 unspecified atom stereocenters. The summed E-state index contributed by atoms with van der Waals surface area (Å²) in [6, 6.07) is 0. The number of hydrogen-bond donors (Lipinski definition) is 0. The predicted molar refractivity (Wildman–Crippen MR) is 48.9 cm³/mol. The van der Waals surface area contributed by atoms with E-state index in [2.05, 4.69) is 25.8 Å². The normalized spacial score (nSPS) is 11.9. The van der Waals surface area contributed by atoms with Crippen LogP contribution in [0.2, 0.25) is 0 Å². The van der Waals surface area contributed by atoms with Gasteiger partial charge in [-0.25, -0.2) is 4.98 Å². The van der Waals surface area contributed by atoms with Crippen LogP contribution in [0.3, 0.4) is 0 Å². The zero-order valence-electron chi connectivity index (χ0n) is 8.13. The number of aromatic nitrogens is 1. The van der Waals surface area contributed by atoms with Gasteiger partial charge in [-0.05, 0) is 18.3 Å². The largest absolute Gasteiger partial charge is 0.449 e. The van der Waals surface area contributed by atoms with E-state index < -0.39 is 0 Å². The molecule has 68 valence electrons. The Labute approximate surface area is 74.0 Å². The maximum Gasteiger partial charge on any atom is 0.193 e. The van der Waals surface area contributed by atoms with Crippen molar-refractivity contribution in [2.45, 2.75) is 40.0 Å². The summed E-state index contributed by atoms with van der Waals surface area (Å²) < 4.78 is 5.14. The average Bonchev–Trinajstić information content (AvgIpc) is 2.36. The second-order valence-electron chi connectivity index (χ2n) is 4.34. The molecule has 0 saturated heterocycles. The van der Waals surface area contributed by atoms with Crippen molar-refractivity contribution in [2.24, 2.45) is 5.41 Å². The molecule has 0 amide bonds. The molecule has 2 heteroatoms. The Morgan fingerprint density at radius 1 is 1.42 bits per heavy atom. The van der Waals surface area contributed by atoms with Gasteiger partial charge in [-0.2, -0.15) is 0 Å². The average molecular weight is 167 g/mol. The Morgan fingerprint density at radius 3 is 2.67 bits per heavy atom. The number of oxazole rings is 1. The van der Waals surface area contributed by atoms with E-state index in [4.69, 9.17) is 4.42 Å². The fourth-order valence-corrected chi connectivity index (χ4v) is 1.15. The quantitative estimate of drug-likeness (QED) is 0.691. The van der Waals surface area contributed by atoms with Gasteiger partial charge in [-0.3, -0.25) is 0 Å². The van der Waals surface area contributed by atoms with Crippen LogP contribution in [0.5, 0.6) is 0 Å². The molecule has 0 fully saturated rings. The van der Waals surface area contributed by atoms with Crippen molar-refractivity contribution in [2.75, 3.05) is 0 Å². The first-order valence-corrected chi connectivity index (χ1v) is 4.46. The Balaban J connectivity index is 2.20. The zero-order chi connectivity index (χ0) is 9.03. The second kappa shape index (κ2) is 3.74. The first kappa shape index (κ1) is 9.30. The van der Waals surface area contributed by atoms with Crippen molar-refractivity contribution in [1.29, 1.82) is 0 Å². The molecule has 0 aliphatic heterocycles. The lowest BCUT2D eigenvalue weighted by Gasteiger charge is -2.16. The molecule has 0 spiro atoms. The van der Waals surface area contributed by atoms with Gasteiger partial charge in [0, 0.05) is 6.42 Å². The number of rotatable bonds is 3. The third-order valence-electron chi connectivity index (χ3n) is 1.80. The van der Waals surface area contributed by atoms with Crippen LogP contribution in [-0.2, 0) is 6.42 Å². The van der Waals surface area contributed by atoms with E-state index in [0.717, 1.165) is 18.7 Å². The zero-order valence-corrected chi connectivity index (χ0v) is 8.13. The first-order chi connectivity index (χ1) is 5.58. The second-order valence-corrected chi connectivity index (χ2v) is 4.34. The summed E-state index contributed by atoms with van der Waals surface area (Å²) in [7, 11) is 0. The van der Waals surface area contributed by atoms with Gasteiger partial charge < -0.3 is 4.42 Å². The van der Waals surface area contributed by atoms with E-state index in [1.165, 1.54) is 6.42 Å². The fourth-order valence-electron chi connectivity index (χ4n) is 1.15. The van der Waals surface area contributed by atoms with Crippen molar-refractivity contribution in [3.63, 3.8) is 0 Å². The highest BCUT2D eigenvalue weighted by atomic mass is 16.3. The molecule has 2 nitrogen and oxygen atoms in total. The lowest BCUT2D eigenvalue weighted by atomic mass is 9.90. The van der Waals surface area contributed by atoms with E-state index in [1.807, 2.05) is 0 Å². The van der Waals surface area contributed by atoms with Crippen LogP contribution in [0.15, 0.2) is 16.9 Å². The first-order valence-electron chi connectivity index (χ1n) is 4.46. The maximum atomic E-state index is 5.14. The Bertz CT molecular complexity index is 208. The Morgan fingerprint density at radius 2 is 2.17 bits per heavy atom. The van der Waals surface area contributed by atoms with Gasteiger partial charge in [0.25, 0.3) is 0 Å². The monoisotopic (exact) mass is 167 g/mol. The van der Waals surface area contributed by atoms with Gasteiger partial charge in [-0.15, -0.1) is 0 Å². The highest BCUT2D eigenvalue weighted by molar-refractivity contribution is 4.80. The standard InChI is InChI=1S/C10H17NO/c1-10(2,3)6-4-5-9-11-7-8-12-9/h7-8H,4-6H2,1-3H3. The van der Waals surface area contributed by atoms with Crippen LogP contribution >= 0.6 is 0 Å². The van der Waals surface area contributed by atoms with Crippen LogP contribution in [0.1, 0.15) is 39.5 Å². The molecule has 0 bridgehead atoms. The Kier molecular flexibility index (Phi) is 2.90. The molecule has 0 radical (unpaired) electrons. The van der Waals surface area contributed by atoms with Gasteiger partial charge in [0.05, 0.1) is 6.20 Å². The van der Waals surface area contributed by atoms with E-state index in [-0.39, 0.29) is 0 Å². The Hall–Kier alpha value is -0.790. The summed E-state index contributed by atoms with van der Waals surface area (Å²) in [5, 5.41) is 0. The lowest BCUT2D eigenvalue weighted by Crippen LogP contribution is -2.04. The van der Waals surface area contributed by atoms with E-state index in [1.54, 1.807) is 12.5 Å². The van der Waals surface area contributed by atoms with Crippen LogP contribution in [0.4, 0.5) is 0 Å². The van der Waals surface area contributed by atoms with Gasteiger partial charge in [0.15, 0.2) is 5.89 Å². The van der Waals surface area contributed by atoms with Crippen molar-refractivity contribution in [3.05, 3.63) is 18.4 Å². The van der Waals surface area contributed by atoms with Crippen molar-refractivity contribution < 1.29 is 4.42 Å². The molecule has 0 saturated carbocycles. The minimum atomic E-state index is 0.423. The molecular weight excluding hydrogens is 150 g/mol. The summed E-state index contributed by atoms with van der Waals surface area (Å²) in [5.41, 5.74) is 0.423. The van der Waals surface area contributed by atoms with Crippen LogP contribution in [0.25, 0.3) is 0 Å². The third-order valence-corrected chi connectivity index (χ3v) is 1.80. The number of hydrogen-bond acceptors (Lipinski definition) is 2. The topological polar surface area (TPSA) is 26.0 Å². The highest BCUT2D eigenvalue weighted by Crippen LogP contribution is 2.21. The summed E-state index contributed by atoms with van der Waals surface area (Å²) in [6.45, 7) is 6.76. The molecule has 1 aromatic rings. The molecule has 0 N–H and O–H groups in total. The highest BCUT2D eigenvalue weighted by Gasteiger charge is 2.09. The van der Waals surface area contributed by atoms with E-state index in [0.29, 0.717) is 5.41 Å². The van der Waals surface area contributed by atoms with Crippen LogP contribution < -0.4 is 0 Å². The number of aryl methyl sites for hydroxylation is 1. The summed E-state index contributed by atoms with van der Waals surface area (Å²) in [6.07, 6.45) is 6.67. The van der Waals surface area contributed by atoms with Crippen LogP contribution in [-0.4, -0.2) is 4.98 Å². The summed E-state index contributed by atoms with van der Waals surface area (Å²) in [4.78, 5) is 4.07. The van der Waals surface area contributed by atoms with Gasteiger partial charge in [0.2, 0.25) is 0 Å². The minimum Gasteiger partial charge on any atom is -0.449 e. The van der Waals surface area contributed by atoms with E-state index >= 15 is 0 Å². The smallest absolute Gasteiger partial charge is 0.193 e. The molecule has 1 aromatic heterocycles. The molecule has 0 aliphatic carbocycles. The van der Waals surface area contributed by atoms with Crippen LogP contribution in [0, 0.1) is 5.41 Å². The summed E-state index contributed by atoms with van der Waals surface area (Å²) in [5.74, 6) is 0.860. The number of nitrogens with zero attached hydrogens (tertiary/aromatic N) is 1. The molecule has 0 aliphatic rings. The molecule has 0 atom stereocenters. The molecule has 0 aromatic carbocycles. The summed E-state index contributed by atoms with van der Waals surface area (Å²) >= 11 is 0. The predicted octanol–water partition coefficient (Wildman–Crippen LogP) is 3.04. The van der Waals surface area contributed by atoms with Crippen molar-refractivity contribution >= 4 is 0 Å². The fraction of sp³-hybridized carbons (Fsp3) is 0.700. The van der Waals surface area contributed by atoms with Gasteiger partial charge in [0.1, 0.15) is 6.26 Å². The molecule has 1 heterocycles. The SMILES string of the molecule is CC(C)(C)CCCc1ncco1. The third kappa shape index (κ3) is 3.56. The van der Waals surface area contributed by atoms with E-state index in [9.17, 15) is 0 Å². The van der Waals surface area contributed by atoms with Crippen molar-refractivity contribution in [1.82, 2.24) is 4.98 Å². The van der Waals surface area contributed by atoms with Gasteiger partial charge >= 0.3 is 0 Å². The molecular formula is C10H17NO. The van der Waals surface area contributed by atoms with Crippen molar-refractivity contribution in [3.8, 4) is 0 Å². The molecule has 12 heavy (non-hydrogen) atoms. The maximum absolute atomic E-state index is 5.14. The minimum absolute atomic E-state index is 0.423. The molecule has 1 rings (SSSR count).